The largest absolute Gasteiger partial charge is 0.457 e. The fraction of sp³-hybridized carbons (Fsp3) is 0.105. The molecule has 22 heavy (non-hydrogen) atoms. The first kappa shape index (κ1) is 14.1. The lowest BCUT2D eigenvalue weighted by atomic mass is 10.2. The topological polar surface area (TPSA) is 42.2 Å². The lowest BCUT2D eigenvalue weighted by Gasteiger charge is -2.01. The molecular weight excluding hydrogens is 274 g/mol. The number of aryl methyl sites for hydroxylation is 1. The van der Waals surface area contributed by atoms with Gasteiger partial charge in [-0.05, 0) is 36.8 Å². The van der Waals surface area contributed by atoms with Gasteiger partial charge in [0.05, 0.1) is 0 Å². The highest BCUT2D eigenvalue weighted by Crippen LogP contribution is 2.21. The van der Waals surface area contributed by atoms with Crippen LogP contribution in [-0.4, -0.2) is 5.91 Å². The Hall–Kier alpha value is -2.81. The summed E-state index contributed by atoms with van der Waals surface area (Å²) in [5.41, 5.74) is 3.09. The smallest absolute Gasteiger partial charge is 0.244 e. The number of amides is 1. The number of furan rings is 1. The van der Waals surface area contributed by atoms with Crippen LogP contribution in [0.25, 0.3) is 17.0 Å². The van der Waals surface area contributed by atoms with Crippen LogP contribution in [0.2, 0.25) is 0 Å². The third-order valence-electron chi connectivity index (χ3n) is 3.40. The van der Waals surface area contributed by atoms with Gasteiger partial charge in [0.1, 0.15) is 11.3 Å². The Morgan fingerprint density at radius 3 is 2.77 bits per heavy atom. The van der Waals surface area contributed by atoms with Gasteiger partial charge in [0, 0.05) is 18.0 Å². The van der Waals surface area contributed by atoms with E-state index in [1.807, 2.05) is 55.5 Å². The second-order valence-corrected chi connectivity index (χ2v) is 5.23. The molecule has 0 aliphatic carbocycles. The van der Waals surface area contributed by atoms with Gasteiger partial charge in [-0.15, -0.1) is 0 Å². The van der Waals surface area contributed by atoms with Crippen molar-refractivity contribution in [2.45, 2.75) is 13.5 Å². The Morgan fingerprint density at radius 2 is 1.95 bits per heavy atom. The average Bonchev–Trinajstić information content (AvgIpc) is 2.94. The summed E-state index contributed by atoms with van der Waals surface area (Å²) in [5, 5.41) is 3.89. The molecule has 0 bridgehead atoms. The Balaban J connectivity index is 1.63. The van der Waals surface area contributed by atoms with Crippen molar-refractivity contribution in [3.63, 3.8) is 0 Å². The Kier molecular flexibility index (Phi) is 4.05. The molecule has 3 aromatic rings. The van der Waals surface area contributed by atoms with Gasteiger partial charge in [-0.1, -0.05) is 42.0 Å². The van der Waals surface area contributed by atoms with Crippen molar-refractivity contribution >= 4 is 23.0 Å². The summed E-state index contributed by atoms with van der Waals surface area (Å²) in [6, 6.07) is 17.8. The van der Waals surface area contributed by atoms with Crippen molar-refractivity contribution in [2.75, 3.05) is 0 Å². The highest BCUT2D eigenvalue weighted by molar-refractivity contribution is 5.92. The van der Waals surface area contributed by atoms with E-state index in [1.54, 1.807) is 6.08 Å². The van der Waals surface area contributed by atoms with Crippen molar-refractivity contribution in [3.8, 4) is 0 Å². The second kappa shape index (κ2) is 6.31. The van der Waals surface area contributed by atoms with Crippen LogP contribution in [0.5, 0.6) is 0 Å². The number of nitrogens with one attached hydrogen (secondary N) is 1. The zero-order chi connectivity index (χ0) is 15.4. The molecule has 3 heteroatoms. The van der Waals surface area contributed by atoms with Gasteiger partial charge >= 0.3 is 0 Å². The SMILES string of the molecule is Cc1ccc2oc(C=CC(=O)NCc3ccccc3)cc2c1. The van der Waals surface area contributed by atoms with E-state index >= 15 is 0 Å². The van der Waals surface area contributed by atoms with Crippen molar-refractivity contribution in [1.82, 2.24) is 5.32 Å². The van der Waals surface area contributed by atoms with E-state index in [0.29, 0.717) is 12.3 Å². The molecule has 1 aromatic heterocycles. The first-order valence-electron chi connectivity index (χ1n) is 7.21. The molecule has 0 aliphatic heterocycles. The zero-order valence-corrected chi connectivity index (χ0v) is 12.4. The van der Waals surface area contributed by atoms with E-state index in [1.165, 1.54) is 11.6 Å². The highest BCUT2D eigenvalue weighted by atomic mass is 16.3. The number of fused-ring (bicyclic) bond motifs is 1. The molecule has 0 fully saturated rings. The maximum Gasteiger partial charge on any atom is 0.244 e. The third kappa shape index (κ3) is 3.44. The van der Waals surface area contributed by atoms with Gasteiger partial charge in [0.2, 0.25) is 5.91 Å². The molecule has 1 heterocycles. The molecule has 1 amide bonds. The predicted molar refractivity (Wildman–Crippen MR) is 88.3 cm³/mol. The minimum Gasteiger partial charge on any atom is -0.457 e. The summed E-state index contributed by atoms with van der Waals surface area (Å²) < 4.78 is 5.67. The Morgan fingerprint density at radius 1 is 1.14 bits per heavy atom. The molecule has 1 N–H and O–H groups in total. The summed E-state index contributed by atoms with van der Waals surface area (Å²) >= 11 is 0. The van der Waals surface area contributed by atoms with E-state index in [9.17, 15) is 4.79 Å². The number of hydrogen-bond acceptors (Lipinski definition) is 2. The fourth-order valence-corrected chi connectivity index (χ4v) is 2.27. The monoisotopic (exact) mass is 291 g/mol. The van der Waals surface area contributed by atoms with Gasteiger partial charge in [0.15, 0.2) is 0 Å². The molecule has 0 spiro atoms. The summed E-state index contributed by atoms with van der Waals surface area (Å²) in [5.74, 6) is 0.538. The van der Waals surface area contributed by atoms with Crippen LogP contribution in [0.15, 0.2) is 65.1 Å². The number of hydrogen-bond donors (Lipinski definition) is 1. The van der Waals surface area contributed by atoms with E-state index in [0.717, 1.165) is 16.5 Å². The lowest BCUT2D eigenvalue weighted by Crippen LogP contribution is -2.20. The molecular formula is C19H17NO2. The summed E-state index contributed by atoms with van der Waals surface area (Å²) in [4.78, 5) is 11.8. The standard InChI is InChI=1S/C19H17NO2/c1-14-7-9-18-16(11-14)12-17(22-18)8-10-19(21)20-13-15-5-3-2-4-6-15/h2-12H,13H2,1H3,(H,20,21). The van der Waals surface area contributed by atoms with Gasteiger partial charge in [-0.2, -0.15) is 0 Å². The van der Waals surface area contributed by atoms with Gasteiger partial charge in [0.25, 0.3) is 0 Å². The lowest BCUT2D eigenvalue weighted by molar-refractivity contribution is -0.116. The van der Waals surface area contributed by atoms with Crippen molar-refractivity contribution < 1.29 is 9.21 Å². The molecule has 2 aromatic carbocycles. The van der Waals surface area contributed by atoms with Crippen LogP contribution in [0.4, 0.5) is 0 Å². The van der Waals surface area contributed by atoms with E-state index in [-0.39, 0.29) is 5.91 Å². The maximum absolute atomic E-state index is 11.8. The first-order chi connectivity index (χ1) is 10.7. The van der Waals surface area contributed by atoms with Crippen LogP contribution < -0.4 is 5.32 Å². The zero-order valence-electron chi connectivity index (χ0n) is 12.4. The van der Waals surface area contributed by atoms with Gasteiger partial charge in [-0.3, -0.25) is 4.79 Å². The third-order valence-corrected chi connectivity index (χ3v) is 3.40. The van der Waals surface area contributed by atoms with Crippen molar-refractivity contribution in [2.24, 2.45) is 0 Å². The van der Waals surface area contributed by atoms with Crippen molar-refractivity contribution in [3.05, 3.63) is 77.6 Å². The molecule has 0 aliphatic rings. The molecule has 0 unspecified atom stereocenters. The molecule has 0 saturated heterocycles. The van der Waals surface area contributed by atoms with Crippen LogP contribution in [0.3, 0.4) is 0 Å². The van der Waals surface area contributed by atoms with E-state index in [2.05, 4.69) is 11.4 Å². The molecule has 0 radical (unpaired) electrons. The molecule has 3 rings (SSSR count). The quantitative estimate of drug-likeness (QED) is 0.736. The average molecular weight is 291 g/mol. The molecule has 110 valence electrons. The Labute approximate surface area is 129 Å². The molecule has 3 nitrogen and oxygen atoms in total. The first-order valence-corrected chi connectivity index (χ1v) is 7.21. The second-order valence-electron chi connectivity index (χ2n) is 5.23. The van der Waals surface area contributed by atoms with E-state index < -0.39 is 0 Å². The van der Waals surface area contributed by atoms with Crippen LogP contribution in [-0.2, 0) is 11.3 Å². The van der Waals surface area contributed by atoms with Crippen LogP contribution >= 0.6 is 0 Å². The summed E-state index contributed by atoms with van der Waals surface area (Å²) in [7, 11) is 0. The normalized spacial score (nSPS) is 11.1. The minimum atomic E-state index is -0.138. The van der Waals surface area contributed by atoms with Crippen molar-refractivity contribution in [1.29, 1.82) is 0 Å². The minimum absolute atomic E-state index is 0.138. The Bertz CT molecular complexity index is 816. The maximum atomic E-state index is 11.8. The molecule has 0 saturated carbocycles. The molecule has 0 atom stereocenters. The van der Waals surface area contributed by atoms with Crippen LogP contribution in [0, 0.1) is 6.92 Å². The highest BCUT2D eigenvalue weighted by Gasteiger charge is 2.02. The number of carbonyl (C=O) groups is 1. The van der Waals surface area contributed by atoms with Gasteiger partial charge in [-0.25, -0.2) is 0 Å². The number of carbonyl (C=O) groups excluding carboxylic acids is 1. The number of rotatable bonds is 4. The van der Waals surface area contributed by atoms with Crippen LogP contribution in [0.1, 0.15) is 16.9 Å². The predicted octanol–water partition coefficient (Wildman–Crippen LogP) is 4.07. The van der Waals surface area contributed by atoms with E-state index in [4.69, 9.17) is 4.42 Å². The number of benzene rings is 2. The fourth-order valence-electron chi connectivity index (χ4n) is 2.27. The summed E-state index contributed by atoms with van der Waals surface area (Å²) in [6.45, 7) is 2.56. The summed E-state index contributed by atoms with van der Waals surface area (Å²) in [6.07, 6.45) is 3.18. The van der Waals surface area contributed by atoms with Gasteiger partial charge < -0.3 is 9.73 Å².